The molecule has 1 aliphatic rings. The van der Waals surface area contributed by atoms with Crippen molar-refractivity contribution in [1.82, 2.24) is 5.32 Å². The minimum absolute atomic E-state index is 0.0457. The first-order chi connectivity index (χ1) is 13.1. The maximum atomic E-state index is 12.5. The predicted molar refractivity (Wildman–Crippen MR) is 106 cm³/mol. The number of rotatable bonds is 7. The van der Waals surface area contributed by atoms with Gasteiger partial charge in [-0.05, 0) is 29.8 Å². The summed E-state index contributed by atoms with van der Waals surface area (Å²) in [7, 11) is 3.32. The van der Waals surface area contributed by atoms with Gasteiger partial charge in [-0.1, -0.05) is 23.7 Å². The Hall–Kier alpha value is -2.24. The van der Waals surface area contributed by atoms with Crippen molar-refractivity contribution < 1.29 is 19.2 Å². The second-order valence-electron chi connectivity index (χ2n) is 6.79. The summed E-state index contributed by atoms with van der Waals surface area (Å²) >= 11 is 6.00. The highest BCUT2D eigenvalue weighted by Gasteiger charge is 2.33. The first kappa shape index (κ1) is 19.5. The standard InChI is InChI=1S/C21H25ClN2O3/c1-26-17-8-9-18(20(12-17)27-2)19-7-4-10-24(19)14-21(25)23-13-15-5-3-6-16(22)11-15/h3,5-6,8-9,11-12,19H,4,7,10,13-14H2,1-2H3,(H,23,25)/p+1/t19-/m1/s1. The molecule has 2 N–H and O–H groups in total. The molecule has 1 aliphatic heterocycles. The lowest BCUT2D eigenvalue weighted by Gasteiger charge is -2.23. The summed E-state index contributed by atoms with van der Waals surface area (Å²) in [5.41, 5.74) is 2.13. The third-order valence-electron chi connectivity index (χ3n) is 5.07. The smallest absolute Gasteiger partial charge is 0.275 e. The van der Waals surface area contributed by atoms with Gasteiger partial charge in [0.15, 0.2) is 6.54 Å². The SMILES string of the molecule is COc1ccc([C@H]2CCC[NH+]2CC(=O)NCc2cccc(Cl)c2)c(OC)c1. The quantitative estimate of drug-likeness (QED) is 0.764. The fourth-order valence-electron chi connectivity index (χ4n) is 3.72. The molecule has 144 valence electrons. The number of amides is 1. The molecule has 1 unspecified atom stereocenters. The third kappa shape index (κ3) is 4.93. The van der Waals surface area contributed by atoms with Crippen LogP contribution in [-0.2, 0) is 11.3 Å². The highest BCUT2D eigenvalue weighted by atomic mass is 35.5. The Bertz CT molecular complexity index is 797. The highest BCUT2D eigenvalue weighted by molar-refractivity contribution is 6.30. The predicted octanol–water partition coefficient (Wildman–Crippen LogP) is 2.39. The first-order valence-electron chi connectivity index (χ1n) is 9.18. The molecular formula is C21H26ClN2O3+. The van der Waals surface area contributed by atoms with Gasteiger partial charge in [-0.3, -0.25) is 4.79 Å². The number of carbonyl (C=O) groups is 1. The number of halogens is 1. The molecule has 2 aromatic rings. The van der Waals surface area contributed by atoms with E-state index in [4.69, 9.17) is 21.1 Å². The Labute approximate surface area is 165 Å². The number of likely N-dealkylation sites (tertiary alicyclic amines) is 1. The van der Waals surface area contributed by atoms with E-state index in [2.05, 4.69) is 11.4 Å². The van der Waals surface area contributed by atoms with Gasteiger partial charge in [-0.25, -0.2) is 0 Å². The number of carbonyl (C=O) groups excluding carboxylic acids is 1. The Kier molecular flexibility index (Phi) is 6.58. The van der Waals surface area contributed by atoms with E-state index in [-0.39, 0.29) is 11.9 Å². The summed E-state index contributed by atoms with van der Waals surface area (Å²) in [5.74, 6) is 1.64. The van der Waals surface area contributed by atoms with Crippen molar-refractivity contribution in [3.63, 3.8) is 0 Å². The van der Waals surface area contributed by atoms with E-state index in [1.54, 1.807) is 14.2 Å². The van der Waals surface area contributed by atoms with Crippen LogP contribution in [0.5, 0.6) is 11.5 Å². The number of nitrogens with one attached hydrogen (secondary N) is 2. The van der Waals surface area contributed by atoms with Crippen LogP contribution in [0.2, 0.25) is 5.02 Å². The minimum Gasteiger partial charge on any atom is -0.497 e. The monoisotopic (exact) mass is 389 g/mol. The van der Waals surface area contributed by atoms with Gasteiger partial charge in [-0.2, -0.15) is 0 Å². The first-order valence-corrected chi connectivity index (χ1v) is 9.56. The average Bonchev–Trinajstić information content (AvgIpc) is 3.13. The second-order valence-corrected chi connectivity index (χ2v) is 7.23. The molecular weight excluding hydrogens is 364 g/mol. The van der Waals surface area contributed by atoms with Gasteiger partial charge in [0.25, 0.3) is 5.91 Å². The van der Waals surface area contributed by atoms with Crippen LogP contribution in [0.3, 0.4) is 0 Å². The lowest BCUT2D eigenvalue weighted by Crippen LogP contribution is -3.11. The summed E-state index contributed by atoms with van der Waals surface area (Å²) in [6.07, 6.45) is 2.14. The Morgan fingerprint density at radius 2 is 2.07 bits per heavy atom. The molecule has 0 spiro atoms. The van der Waals surface area contributed by atoms with Crippen molar-refractivity contribution in [3.05, 3.63) is 58.6 Å². The van der Waals surface area contributed by atoms with E-state index in [1.807, 2.05) is 36.4 Å². The fraction of sp³-hybridized carbons (Fsp3) is 0.381. The second kappa shape index (κ2) is 9.11. The van der Waals surface area contributed by atoms with E-state index in [0.29, 0.717) is 18.1 Å². The van der Waals surface area contributed by atoms with Crippen molar-refractivity contribution >= 4 is 17.5 Å². The van der Waals surface area contributed by atoms with E-state index in [9.17, 15) is 4.79 Å². The van der Waals surface area contributed by atoms with Crippen LogP contribution in [-0.4, -0.2) is 33.2 Å². The zero-order valence-electron chi connectivity index (χ0n) is 15.8. The van der Waals surface area contributed by atoms with Crippen LogP contribution in [0.25, 0.3) is 0 Å². The van der Waals surface area contributed by atoms with Crippen molar-refractivity contribution in [1.29, 1.82) is 0 Å². The lowest BCUT2D eigenvalue weighted by atomic mass is 10.0. The highest BCUT2D eigenvalue weighted by Crippen LogP contribution is 2.31. The number of hydrogen-bond donors (Lipinski definition) is 2. The van der Waals surface area contributed by atoms with Gasteiger partial charge in [0.1, 0.15) is 17.5 Å². The summed E-state index contributed by atoms with van der Waals surface area (Å²) in [6, 6.07) is 13.7. The average molecular weight is 390 g/mol. The van der Waals surface area contributed by atoms with Gasteiger partial charge in [0.2, 0.25) is 0 Å². The molecule has 1 heterocycles. The number of hydrogen-bond acceptors (Lipinski definition) is 3. The molecule has 0 radical (unpaired) electrons. The Morgan fingerprint density at radius 1 is 1.22 bits per heavy atom. The maximum absolute atomic E-state index is 12.5. The van der Waals surface area contributed by atoms with Crippen LogP contribution in [0, 0.1) is 0 Å². The summed E-state index contributed by atoms with van der Waals surface area (Å²) < 4.78 is 10.9. The zero-order chi connectivity index (χ0) is 19.2. The lowest BCUT2D eigenvalue weighted by molar-refractivity contribution is -0.910. The van der Waals surface area contributed by atoms with Crippen molar-refractivity contribution in [2.75, 3.05) is 27.3 Å². The van der Waals surface area contributed by atoms with Crippen molar-refractivity contribution in [2.45, 2.75) is 25.4 Å². The molecule has 0 aliphatic carbocycles. The molecule has 1 amide bonds. The normalized spacial score (nSPS) is 18.9. The van der Waals surface area contributed by atoms with Gasteiger partial charge in [-0.15, -0.1) is 0 Å². The molecule has 1 fully saturated rings. The fourth-order valence-corrected chi connectivity index (χ4v) is 3.93. The summed E-state index contributed by atoms with van der Waals surface area (Å²) in [4.78, 5) is 13.7. The molecule has 5 nitrogen and oxygen atoms in total. The molecule has 27 heavy (non-hydrogen) atoms. The maximum Gasteiger partial charge on any atom is 0.275 e. The van der Waals surface area contributed by atoms with E-state index in [1.165, 1.54) is 4.90 Å². The molecule has 0 aromatic heterocycles. The van der Waals surface area contributed by atoms with E-state index >= 15 is 0 Å². The molecule has 2 aromatic carbocycles. The van der Waals surface area contributed by atoms with Crippen LogP contribution in [0.15, 0.2) is 42.5 Å². The summed E-state index contributed by atoms with van der Waals surface area (Å²) in [5, 5.41) is 3.68. The molecule has 6 heteroatoms. The third-order valence-corrected chi connectivity index (χ3v) is 5.30. The number of methoxy groups -OCH3 is 2. The van der Waals surface area contributed by atoms with Crippen LogP contribution >= 0.6 is 11.6 Å². The Balaban J connectivity index is 1.63. The summed E-state index contributed by atoms with van der Waals surface area (Å²) in [6.45, 7) is 1.91. The van der Waals surface area contributed by atoms with E-state index < -0.39 is 0 Å². The van der Waals surface area contributed by atoms with Crippen LogP contribution in [0.4, 0.5) is 0 Å². The molecule has 1 saturated heterocycles. The van der Waals surface area contributed by atoms with Crippen LogP contribution in [0.1, 0.15) is 30.0 Å². The van der Waals surface area contributed by atoms with Crippen molar-refractivity contribution in [3.8, 4) is 11.5 Å². The minimum atomic E-state index is 0.0457. The molecule has 2 atom stereocenters. The molecule has 0 saturated carbocycles. The number of ether oxygens (including phenoxy) is 2. The molecule has 3 rings (SSSR count). The Morgan fingerprint density at radius 3 is 2.81 bits per heavy atom. The molecule has 0 bridgehead atoms. The van der Waals surface area contributed by atoms with Crippen LogP contribution < -0.4 is 19.7 Å². The van der Waals surface area contributed by atoms with Gasteiger partial charge >= 0.3 is 0 Å². The van der Waals surface area contributed by atoms with Crippen molar-refractivity contribution in [2.24, 2.45) is 0 Å². The topological polar surface area (TPSA) is 52.0 Å². The zero-order valence-corrected chi connectivity index (χ0v) is 16.5. The largest absolute Gasteiger partial charge is 0.497 e. The van der Waals surface area contributed by atoms with Gasteiger partial charge in [0.05, 0.1) is 26.3 Å². The number of benzene rings is 2. The van der Waals surface area contributed by atoms with Gasteiger partial charge < -0.3 is 19.7 Å². The number of quaternary nitrogens is 1. The van der Waals surface area contributed by atoms with Gasteiger partial charge in [0, 0.05) is 30.5 Å². The van der Waals surface area contributed by atoms with E-state index in [0.717, 1.165) is 42.0 Å².